The molecule has 1 aromatic carbocycles. The summed E-state index contributed by atoms with van der Waals surface area (Å²) in [4.78, 5) is 2.11. The summed E-state index contributed by atoms with van der Waals surface area (Å²) in [6, 6.07) is 4.90. The molecule has 0 aliphatic carbocycles. The fraction of sp³-hybridized carbons (Fsp3) is 0.364. The molecule has 2 heterocycles. The number of nitrogens with zero attached hydrogens (tertiary/aromatic N) is 2. The third kappa shape index (κ3) is 1.44. The molecule has 0 unspecified atom stereocenters. The van der Waals surface area contributed by atoms with Crippen molar-refractivity contribution in [1.82, 2.24) is 10.5 Å². The molecule has 1 N–H and O–H groups in total. The first-order valence-corrected chi connectivity index (χ1v) is 5.36. The first-order valence-electron chi connectivity index (χ1n) is 5.36. The topological polar surface area (TPSA) is 41.3 Å². The highest BCUT2D eigenvalue weighted by atomic mass is 19.1. The molecular formula is C11H12FN3O. The molecule has 1 saturated heterocycles. The van der Waals surface area contributed by atoms with Crippen molar-refractivity contribution in [1.29, 1.82) is 0 Å². The zero-order valence-electron chi connectivity index (χ0n) is 8.74. The van der Waals surface area contributed by atoms with Crippen molar-refractivity contribution in [3.8, 4) is 0 Å². The summed E-state index contributed by atoms with van der Waals surface area (Å²) in [6.07, 6.45) is 0. The first kappa shape index (κ1) is 9.59. The Balaban J connectivity index is 2.06. The molecule has 1 aliphatic heterocycles. The molecule has 2 aromatic rings. The van der Waals surface area contributed by atoms with Crippen LogP contribution in [0.2, 0.25) is 0 Å². The Kier molecular flexibility index (Phi) is 2.25. The number of rotatable bonds is 1. The molecular weight excluding hydrogens is 209 g/mol. The number of nitrogens with one attached hydrogen (secondary N) is 1. The van der Waals surface area contributed by atoms with Gasteiger partial charge in [-0.15, -0.1) is 0 Å². The summed E-state index contributed by atoms with van der Waals surface area (Å²) in [5.41, 5.74) is 0.246. The molecule has 1 aromatic heterocycles. The van der Waals surface area contributed by atoms with Crippen LogP contribution in [0.5, 0.6) is 0 Å². The Morgan fingerprint density at radius 2 is 2.12 bits per heavy atom. The van der Waals surface area contributed by atoms with Gasteiger partial charge in [-0.05, 0) is 12.1 Å². The number of halogens is 1. The quantitative estimate of drug-likeness (QED) is 0.789. The lowest BCUT2D eigenvalue weighted by Crippen LogP contribution is -2.43. The summed E-state index contributed by atoms with van der Waals surface area (Å²) < 4.78 is 18.4. The normalized spacial score (nSPS) is 16.9. The summed E-state index contributed by atoms with van der Waals surface area (Å²) >= 11 is 0. The van der Waals surface area contributed by atoms with Crippen molar-refractivity contribution in [2.75, 3.05) is 31.1 Å². The number of hydrogen-bond acceptors (Lipinski definition) is 4. The van der Waals surface area contributed by atoms with E-state index in [1.807, 2.05) is 6.07 Å². The number of aromatic nitrogens is 1. The van der Waals surface area contributed by atoms with Gasteiger partial charge < -0.3 is 14.7 Å². The summed E-state index contributed by atoms with van der Waals surface area (Å²) in [6.45, 7) is 3.59. The van der Waals surface area contributed by atoms with Crippen molar-refractivity contribution in [2.24, 2.45) is 0 Å². The van der Waals surface area contributed by atoms with Crippen LogP contribution in [0.4, 0.5) is 10.2 Å². The Morgan fingerprint density at radius 1 is 1.31 bits per heavy atom. The highest BCUT2D eigenvalue weighted by Gasteiger charge is 2.18. The predicted molar refractivity (Wildman–Crippen MR) is 59.0 cm³/mol. The van der Waals surface area contributed by atoms with E-state index in [2.05, 4.69) is 15.4 Å². The second-order valence-corrected chi connectivity index (χ2v) is 3.86. The molecule has 0 atom stereocenters. The Bertz CT molecular complexity index is 505. The summed E-state index contributed by atoms with van der Waals surface area (Å²) in [5.74, 6) is 0.391. The lowest BCUT2D eigenvalue weighted by Gasteiger charge is -2.26. The lowest BCUT2D eigenvalue weighted by atomic mass is 10.2. The Morgan fingerprint density at radius 3 is 2.94 bits per heavy atom. The van der Waals surface area contributed by atoms with E-state index >= 15 is 0 Å². The van der Waals surface area contributed by atoms with Crippen LogP contribution in [0.25, 0.3) is 11.0 Å². The molecule has 16 heavy (non-hydrogen) atoms. The number of benzene rings is 1. The molecule has 3 rings (SSSR count). The number of anilines is 1. The molecule has 0 amide bonds. The third-order valence-electron chi connectivity index (χ3n) is 2.85. The van der Waals surface area contributed by atoms with Gasteiger partial charge in [-0.3, -0.25) is 0 Å². The molecule has 1 fully saturated rings. The van der Waals surface area contributed by atoms with Crippen molar-refractivity contribution >= 4 is 16.8 Å². The van der Waals surface area contributed by atoms with Gasteiger partial charge in [0, 0.05) is 26.2 Å². The van der Waals surface area contributed by atoms with E-state index in [0.717, 1.165) is 37.4 Å². The highest BCUT2D eigenvalue weighted by Crippen LogP contribution is 2.27. The molecule has 84 valence electrons. The second-order valence-electron chi connectivity index (χ2n) is 3.86. The number of para-hydroxylation sites is 1. The van der Waals surface area contributed by atoms with Crippen LogP contribution < -0.4 is 10.2 Å². The largest absolute Gasteiger partial charge is 0.351 e. The van der Waals surface area contributed by atoms with Crippen LogP contribution >= 0.6 is 0 Å². The molecule has 0 bridgehead atoms. The first-order chi connectivity index (χ1) is 7.86. The summed E-state index contributed by atoms with van der Waals surface area (Å²) in [5, 5.41) is 7.98. The smallest absolute Gasteiger partial charge is 0.204 e. The SMILES string of the molecule is Fc1cccc2c(N3CCNCC3)noc12. The van der Waals surface area contributed by atoms with Gasteiger partial charge in [-0.2, -0.15) is 0 Å². The van der Waals surface area contributed by atoms with Crippen LogP contribution in [0.15, 0.2) is 22.7 Å². The van der Waals surface area contributed by atoms with Gasteiger partial charge in [0.25, 0.3) is 0 Å². The Labute approximate surface area is 92.0 Å². The molecule has 0 spiro atoms. The van der Waals surface area contributed by atoms with Crippen LogP contribution in [-0.4, -0.2) is 31.3 Å². The van der Waals surface area contributed by atoms with Crippen LogP contribution in [0.3, 0.4) is 0 Å². The van der Waals surface area contributed by atoms with Gasteiger partial charge in [0.15, 0.2) is 11.6 Å². The molecule has 0 radical (unpaired) electrons. The molecule has 0 saturated carbocycles. The average molecular weight is 221 g/mol. The maximum atomic E-state index is 13.4. The zero-order valence-corrected chi connectivity index (χ0v) is 8.74. The third-order valence-corrected chi connectivity index (χ3v) is 2.85. The molecule has 1 aliphatic rings. The highest BCUT2D eigenvalue weighted by molar-refractivity contribution is 5.88. The van der Waals surface area contributed by atoms with E-state index in [9.17, 15) is 4.39 Å². The van der Waals surface area contributed by atoms with E-state index < -0.39 is 0 Å². The van der Waals surface area contributed by atoms with Crippen LogP contribution in [-0.2, 0) is 0 Å². The number of hydrogen-bond donors (Lipinski definition) is 1. The zero-order chi connectivity index (χ0) is 11.0. The molecule has 5 heteroatoms. The predicted octanol–water partition coefficient (Wildman–Crippen LogP) is 1.38. The van der Waals surface area contributed by atoms with E-state index in [1.165, 1.54) is 6.07 Å². The lowest BCUT2D eigenvalue weighted by molar-refractivity contribution is 0.436. The minimum Gasteiger partial charge on any atom is -0.351 e. The Hall–Kier alpha value is -1.62. The number of piperazine rings is 1. The monoisotopic (exact) mass is 221 g/mol. The fourth-order valence-electron chi connectivity index (χ4n) is 2.02. The van der Waals surface area contributed by atoms with Crippen molar-refractivity contribution < 1.29 is 8.91 Å². The van der Waals surface area contributed by atoms with Crippen LogP contribution in [0.1, 0.15) is 0 Å². The van der Waals surface area contributed by atoms with Crippen molar-refractivity contribution in [3.63, 3.8) is 0 Å². The second kappa shape index (κ2) is 3.75. The van der Waals surface area contributed by atoms with Gasteiger partial charge in [0.05, 0.1) is 5.39 Å². The maximum absolute atomic E-state index is 13.4. The summed E-state index contributed by atoms with van der Waals surface area (Å²) in [7, 11) is 0. The fourth-order valence-corrected chi connectivity index (χ4v) is 2.02. The minimum atomic E-state index is -0.355. The van der Waals surface area contributed by atoms with Crippen LogP contribution in [0, 0.1) is 5.82 Å². The van der Waals surface area contributed by atoms with Gasteiger partial charge >= 0.3 is 0 Å². The minimum absolute atomic E-state index is 0.246. The maximum Gasteiger partial charge on any atom is 0.204 e. The van der Waals surface area contributed by atoms with Gasteiger partial charge in [0.1, 0.15) is 0 Å². The van der Waals surface area contributed by atoms with E-state index in [-0.39, 0.29) is 11.4 Å². The van der Waals surface area contributed by atoms with E-state index in [0.29, 0.717) is 0 Å². The van der Waals surface area contributed by atoms with Crippen molar-refractivity contribution in [2.45, 2.75) is 0 Å². The average Bonchev–Trinajstić information content (AvgIpc) is 2.75. The van der Waals surface area contributed by atoms with E-state index in [4.69, 9.17) is 4.52 Å². The van der Waals surface area contributed by atoms with Gasteiger partial charge in [-0.25, -0.2) is 4.39 Å². The van der Waals surface area contributed by atoms with Gasteiger partial charge in [0.2, 0.25) is 5.58 Å². The van der Waals surface area contributed by atoms with Crippen molar-refractivity contribution in [3.05, 3.63) is 24.0 Å². The van der Waals surface area contributed by atoms with E-state index in [1.54, 1.807) is 6.07 Å². The molecule has 4 nitrogen and oxygen atoms in total. The van der Waals surface area contributed by atoms with Gasteiger partial charge in [-0.1, -0.05) is 11.2 Å². The number of fused-ring (bicyclic) bond motifs is 1. The standard InChI is InChI=1S/C11H12FN3O/c12-9-3-1-2-8-10(9)16-14-11(8)15-6-4-13-5-7-15/h1-3,13H,4-7H2.